The average molecular weight is 451 g/mol. The van der Waals surface area contributed by atoms with E-state index in [1.54, 1.807) is 11.3 Å². The van der Waals surface area contributed by atoms with Crippen LogP contribution in [0.3, 0.4) is 0 Å². The molecule has 0 radical (unpaired) electrons. The lowest BCUT2D eigenvalue weighted by Gasteiger charge is -2.29. The molecule has 0 saturated carbocycles. The van der Waals surface area contributed by atoms with Crippen molar-refractivity contribution in [2.45, 2.75) is 38.7 Å². The number of para-hydroxylation sites is 2. The lowest BCUT2D eigenvalue weighted by Crippen LogP contribution is -2.40. The van der Waals surface area contributed by atoms with Gasteiger partial charge in [-0.15, -0.1) is 23.7 Å². The van der Waals surface area contributed by atoms with E-state index in [9.17, 15) is 4.79 Å². The minimum atomic E-state index is 0. The molecule has 0 bridgehead atoms. The van der Waals surface area contributed by atoms with Gasteiger partial charge in [-0.3, -0.25) is 4.79 Å². The maximum atomic E-state index is 12.8. The number of unbranched alkanes of at least 4 members (excludes halogenated alkanes) is 1. The van der Waals surface area contributed by atoms with Crippen LogP contribution < -0.4 is 9.47 Å². The fourth-order valence-corrected chi connectivity index (χ4v) is 5.19. The Balaban J connectivity index is 0.00000256. The van der Waals surface area contributed by atoms with E-state index in [0.717, 1.165) is 68.9 Å². The Morgan fingerprint density at radius 2 is 2.03 bits per heavy atom. The van der Waals surface area contributed by atoms with Crippen molar-refractivity contribution in [1.29, 1.82) is 0 Å². The molecule has 1 unspecified atom stereocenters. The molecule has 164 valence electrons. The van der Waals surface area contributed by atoms with E-state index < -0.39 is 0 Å². The number of benzene rings is 1. The van der Waals surface area contributed by atoms with Crippen LogP contribution in [0.25, 0.3) is 0 Å². The number of hydrogen-bond acceptors (Lipinski definition) is 5. The third-order valence-electron chi connectivity index (χ3n) is 5.58. The van der Waals surface area contributed by atoms with Crippen molar-refractivity contribution >= 4 is 29.7 Å². The first kappa shape index (κ1) is 22.9. The van der Waals surface area contributed by atoms with Gasteiger partial charge in [0.2, 0.25) is 0 Å². The van der Waals surface area contributed by atoms with Crippen LogP contribution in [0.15, 0.2) is 30.3 Å². The van der Waals surface area contributed by atoms with E-state index in [4.69, 9.17) is 9.47 Å². The first-order valence-corrected chi connectivity index (χ1v) is 11.4. The molecule has 0 saturated heterocycles. The first-order valence-electron chi connectivity index (χ1n) is 10.6. The molecule has 1 atom stereocenters. The number of ether oxygens (including phenoxy) is 2. The van der Waals surface area contributed by atoms with Crippen LogP contribution in [0, 0.1) is 6.92 Å². The maximum Gasteiger partial charge on any atom is 0.254 e. The summed E-state index contributed by atoms with van der Waals surface area (Å²) in [6, 6.07) is 9.90. The number of carbonyl (C=O) groups is 1. The van der Waals surface area contributed by atoms with Crippen LogP contribution in [0.5, 0.6) is 11.5 Å². The highest BCUT2D eigenvalue weighted by atomic mass is 35.5. The molecule has 1 aromatic heterocycles. The van der Waals surface area contributed by atoms with E-state index in [-0.39, 0.29) is 24.4 Å². The number of hydrogen-bond donors (Lipinski definition) is 0. The van der Waals surface area contributed by atoms with Gasteiger partial charge in [-0.1, -0.05) is 12.1 Å². The van der Waals surface area contributed by atoms with Crippen LogP contribution in [0.4, 0.5) is 0 Å². The lowest BCUT2D eigenvalue weighted by atomic mass is 10.2. The summed E-state index contributed by atoms with van der Waals surface area (Å²) in [5, 5.41) is 0. The molecule has 30 heavy (non-hydrogen) atoms. The van der Waals surface area contributed by atoms with Gasteiger partial charge in [0.25, 0.3) is 5.91 Å². The first-order chi connectivity index (χ1) is 14.1. The number of rotatable bonds is 7. The number of likely N-dealkylation sites (N-methyl/N-ethyl adjacent to an activating group) is 1. The van der Waals surface area contributed by atoms with Crippen LogP contribution >= 0.6 is 23.7 Å². The highest BCUT2D eigenvalue weighted by molar-refractivity contribution is 7.12. The second-order valence-corrected chi connectivity index (χ2v) is 9.40. The maximum absolute atomic E-state index is 12.8. The highest BCUT2D eigenvalue weighted by Gasteiger charge is 2.24. The summed E-state index contributed by atoms with van der Waals surface area (Å²) in [5.41, 5.74) is 0.942. The van der Waals surface area contributed by atoms with Gasteiger partial charge >= 0.3 is 0 Å². The zero-order chi connectivity index (χ0) is 20.2. The quantitative estimate of drug-likeness (QED) is 0.585. The molecule has 5 nitrogen and oxygen atoms in total. The van der Waals surface area contributed by atoms with Gasteiger partial charge in [-0.25, -0.2) is 0 Å². The normalized spacial score (nSPS) is 18.0. The summed E-state index contributed by atoms with van der Waals surface area (Å²) in [4.78, 5) is 19.7. The highest BCUT2D eigenvalue weighted by Crippen LogP contribution is 2.31. The third kappa shape index (κ3) is 5.48. The topological polar surface area (TPSA) is 42.0 Å². The monoisotopic (exact) mass is 450 g/mol. The van der Waals surface area contributed by atoms with Crippen molar-refractivity contribution < 1.29 is 14.3 Å². The van der Waals surface area contributed by atoms with Gasteiger partial charge < -0.3 is 19.3 Å². The molecule has 2 aliphatic heterocycles. The number of aryl methyl sites for hydroxylation is 2. The van der Waals surface area contributed by atoms with Gasteiger partial charge in [0, 0.05) is 29.4 Å². The Morgan fingerprint density at radius 3 is 2.87 bits per heavy atom. The Kier molecular flexibility index (Phi) is 8.03. The van der Waals surface area contributed by atoms with Gasteiger partial charge in [0.1, 0.15) is 12.7 Å². The number of amides is 1. The van der Waals surface area contributed by atoms with Crippen LogP contribution in [-0.2, 0) is 6.42 Å². The summed E-state index contributed by atoms with van der Waals surface area (Å²) in [5.74, 6) is 1.89. The predicted molar refractivity (Wildman–Crippen MR) is 124 cm³/mol. The van der Waals surface area contributed by atoms with Crippen LogP contribution in [0.1, 0.15) is 39.4 Å². The zero-order valence-corrected chi connectivity index (χ0v) is 19.4. The molecule has 0 fully saturated rings. The molecule has 3 heterocycles. The summed E-state index contributed by atoms with van der Waals surface area (Å²) >= 11 is 1.78. The molecule has 0 N–H and O–H groups in total. The molecule has 1 amide bonds. The Labute approximate surface area is 189 Å². The number of thiophene rings is 1. The lowest BCUT2D eigenvalue weighted by molar-refractivity contribution is 0.0645. The van der Waals surface area contributed by atoms with Gasteiger partial charge in [0.15, 0.2) is 11.5 Å². The molecule has 0 spiro atoms. The van der Waals surface area contributed by atoms with E-state index in [1.807, 2.05) is 29.2 Å². The number of fused-ring (bicyclic) bond motifs is 2. The van der Waals surface area contributed by atoms with Crippen molar-refractivity contribution in [2.75, 3.05) is 39.8 Å². The SMILES string of the molecule is Cc1cc2c(s1)CCCN(CCCCN(C)CC1COc3ccccc3O1)C2=O.Cl. The smallest absolute Gasteiger partial charge is 0.254 e. The zero-order valence-electron chi connectivity index (χ0n) is 17.8. The van der Waals surface area contributed by atoms with Crippen LogP contribution in [-0.4, -0.2) is 61.6 Å². The van der Waals surface area contributed by atoms with Crippen molar-refractivity contribution in [3.63, 3.8) is 0 Å². The summed E-state index contributed by atoms with van der Waals surface area (Å²) in [6.07, 6.45) is 4.26. The third-order valence-corrected chi connectivity index (χ3v) is 6.69. The molecular weight excluding hydrogens is 420 g/mol. The second kappa shape index (κ2) is 10.5. The van der Waals surface area contributed by atoms with Gasteiger partial charge in [-0.05, 0) is 64.4 Å². The van der Waals surface area contributed by atoms with Crippen molar-refractivity contribution in [3.8, 4) is 11.5 Å². The van der Waals surface area contributed by atoms with E-state index in [0.29, 0.717) is 6.61 Å². The minimum absolute atomic E-state index is 0. The molecule has 2 aromatic rings. The number of carbonyl (C=O) groups excluding carboxylic acids is 1. The number of nitrogens with zero attached hydrogens (tertiary/aromatic N) is 2. The molecule has 4 rings (SSSR count). The van der Waals surface area contributed by atoms with E-state index in [1.165, 1.54) is 9.75 Å². The largest absolute Gasteiger partial charge is 0.486 e. The van der Waals surface area contributed by atoms with Gasteiger partial charge in [-0.2, -0.15) is 0 Å². The fraction of sp³-hybridized carbons (Fsp3) is 0.522. The summed E-state index contributed by atoms with van der Waals surface area (Å²) in [6.45, 7) is 6.23. The molecule has 7 heteroatoms. The Bertz CT molecular complexity index is 857. The Morgan fingerprint density at radius 1 is 1.23 bits per heavy atom. The molecular formula is C23H31ClN2O3S. The molecule has 2 aliphatic rings. The second-order valence-electron chi connectivity index (χ2n) is 8.06. The molecule has 1 aromatic carbocycles. The molecule has 0 aliphatic carbocycles. The van der Waals surface area contributed by atoms with Crippen molar-refractivity contribution in [3.05, 3.63) is 45.6 Å². The fourth-order valence-electron chi connectivity index (χ4n) is 4.12. The number of halogens is 1. The summed E-state index contributed by atoms with van der Waals surface area (Å²) < 4.78 is 11.8. The Hall–Kier alpha value is -1.76. The van der Waals surface area contributed by atoms with Crippen LogP contribution in [0.2, 0.25) is 0 Å². The minimum Gasteiger partial charge on any atom is -0.486 e. The van der Waals surface area contributed by atoms with E-state index >= 15 is 0 Å². The van der Waals surface area contributed by atoms with E-state index in [2.05, 4.69) is 24.9 Å². The standard InChI is InChI=1S/C23H30N2O3S.ClH/c1-17-14-19-22(29-17)10-7-13-25(23(19)26)12-6-5-11-24(2)15-18-16-27-20-8-3-4-9-21(20)28-18;/h3-4,8-9,14,18H,5-7,10-13,15-16H2,1-2H3;1H. The van der Waals surface area contributed by atoms with Crippen molar-refractivity contribution in [2.24, 2.45) is 0 Å². The summed E-state index contributed by atoms with van der Waals surface area (Å²) in [7, 11) is 2.13. The van der Waals surface area contributed by atoms with Gasteiger partial charge in [0.05, 0.1) is 5.56 Å². The van der Waals surface area contributed by atoms with Crippen molar-refractivity contribution in [1.82, 2.24) is 9.80 Å². The average Bonchev–Trinajstić information content (AvgIpc) is 3.03. The predicted octanol–water partition coefficient (Wildman–Crippen LogP) is 4.42.